The molecule has 3 N–H and O–H groups in total. The molecule has 0 aliphatic heterocycles. The van der Waals surface area contributed by atoms with Crippen molar-refractivity contribution >= 4 is 26.8 Å². The van der Waals surface area contributed by atoms with Gasteiger partial charge in [0.05, 0.1) is 0 Å². The summed E-state index contributed by atoms with van der Waals surface area (Å²) in [5, 5.41) is 26.2. The first-order valence-electron chi connectivity index (χ1n) is 2.58. The summed E-state index contributed by atoms with van der Waals surface area (Å²) in [5.41, 5.74) is 0. The van der Waals surface area contributed by atoms with Crippen LogP contribution < -0.4 is 0 Å². The summed E-state index contributed by atoms with van der Waals surface area (Å²) in [4.78, 5) is 11.0. The Morgan fingerprint density at radius 3 is 2.00 bits per heavy atom. The number of aldehydes is 1. The number of rotatable bonds is 4. The Balaban J connectivity index is 3.91. The monoisotopic (exact) mass is 212 g/mol. The molecule has 4 nitrogen and oxygen atoms in total. The van der Waals surface area contributed by atoms with Gasteiger partial charge >= 0.3 is 65.2 Å². The van der Waals surface area contributed by atoms with Crippen LogP contribution in [0.2, 0.25) is 0 Å². The average Bonchev–Trinajstić information content (AvgIpc) is 2.00. The summed E-state index contributed by atoms with van der Waals surface area (Å²) in [6.07, 6.45) is -4.02. The second kappa shape index (κ2) is 4.71. The number of carbonyl (C=O) groups is 1. The Morgan fingerprint density at radius 2 is 1.70 bits per heavy atom. The number of aliphatic hydroxyl groups excluding tert-OH is 3. The van der Waals surface area contributed by atoms with E-state index in [0.29, 0.717) is 0 Å². The van der Waals surface area contributed by atoms with Gasteiger partial charge in [-0.15, -0.1) is 0 Å². The zero-order chi connectivity index (χ0) is 8.15. The fraction of sp³-hybridized carbons (Fsp3) is 0.600. The minimum atomic E-state index is -1.53. The maximum atomic E-state index is 9.82. The first-order chi connectivity index (χ1) is 4.63. The minimum absolute atomic E-state index is 0.164. The zero-order valence-corrected chi connectivity index (χ0v) is 6.76. The molecule has 0 amide bonds. The van der Waals surface area contributed by atoms with Crippen LogP contribution in [-0.2, 0) is 4.79 Å². The van der Waals surface area contributed by atoms with Gasteiger partial charge in [-0.25, -0.2) is 0 Å². The molecule has 10 heavy (non-hydrogen) atoms. The Labute approximate surface area is 65.8 Å². The van der Waals surface area contributed by atoms with Gasteiger partial charge in [0, 0.05) is 0 Å². The fourth-order valence-corrected chi connectivity index (χ4v) is 0.701. The predicted molar refractivity (Wildman–Crippen MR) is 35.9 cm³/mol. The quantitative estimate of drug-likeness (QED) is 0.347. The molecule has 3 atom stereocenters. The summed E-state index contributed by atoms with van der Waals surface area (Å²) < 4.78 is 0. The molecule has 0 aromatic rings. The van der Waals surface area contributed by atoms with Crippen molar-refractivity contribution in [2.45, 2.75) is 18.3 Å². The normalized spacial score (nSPS) is 19.1. The van der Waals surface area contributed by atoms with Crippen molar-refractivity contribution in [3.63, 3.8) is 0 Å². The number of hydrogen-bond donors (Lipinski definition) is 3. The fourth-order valence-electron chi connectivity index (χ4n) is 0.363. The molecule has 0 aromatic heterocycles. The van der Waals surface area contributed by atoms with E-state index in [1.54, 1.807) is 0 Å². The molecule has 0 fully saturated rings. The van der Waals surface area contributed by atoms with Gasteiger partial charge in [0.2, 0.25) is 0 Å². The molecule has 5 heteroatoms. The van der Waals surface area contributed by atoms with E-state index in [1.807, 2.05) is 0 Å². The van der Waals surface area contributed by atoms with E-state index in [-0.39, 0.29) is 6.29 Å². The van der Waals surface area contributed by atoms with Crippen molar-refractivity contribution in [2.75, 3.05) is 0 Å². The van der Waals surface area contributed by atoms with Crippen molar-refractivity contribution in [3.8, 4) is 0 Å². The molecular formula is C5H8O4Se. The summed E-state index contributed by atoms with van der Waals surface area (Å²) in [6, 6.07) is 0. The van der Waals surface area contributed by atoms with Crippen LogP contribution in [0, 0.1) is 0 Å². The van der Waals surface area contributed by atoms with Crippen LogP contribution in [0.3, 0.4) is 0 Å². The van der Waals surface area contributed by atoms with Gasteiger partial charge in [-0.3, -0.25) is 0 Å². The van der Waals surface area contributed by atoms with Crippen molar-refractivity contribution in [1.82, 2.24) is 0 Å². The Bertz CT molecular complexity index is 113. The second-order valence-electron chi connectivity index (χ2n) is 1.74. The number of aliphatic hydroxyl groups is 3. The topological polar surface area (TPSA) is 77.8 Å². The standard InChI is InChI=1S/C5H8O4Se/c6-1-3(7)5(9)4(8)2-10/h1-5,7-9H/t3-,4+,5+/m0/s1. The van der Waals surface area contributed by atoms with Crippen molar-refractivity contribution in [2.24, 2.45) is 0 Å². The van der Waals surface area contributed by atoms with Crippen LogP contribution in [0.5, 0.6) is 0 Å². The van der Waals surface area contributed by atoms with E-state index < -0.39 is 18.3 Å². The SMILES string of the molecule is O=C[C@H](O)[C@@H](O)[C@H](O)C=[Se]. The molecule has 0 heterocycles. The van der Waals surface area contributed by atoms with Gasteiger partial charge in [0.25, 0.3) is 0 Å². The van der Waals surface area contributed by atoms with Crippen LogP contribution in [0.4, 0.5) is 0 Å². The molecular weight excluding hydrogens is 203 g/mol. The van der Waals surface area contributed by atoms with E-state index in [4.69, 9.17) is 15.3 Å². The predicted octanol–water partition coefficient (Wildman–Crippen LogP) is -2.76. The first kappa shape index (κ1) is 9.94. The molecule has 0 saturated heterocycles. The van der Waals surface area contributed by atoms with Gasteiger partial charge in [-0.2, -0.15) is 0 Å². The third kappa shape index (κ3) is 2.68. The third-order valence-electron chi connectivity index (χ3n) is 0.979. The molecule has 0 radical (unpaired) electrons. The van der Waals surface area contributed by atoms with Crippen LogP contribution in [0.25, 0.3) is 0 Å². The zero-order valence-electron chi connectivity index (χ0n) is 5.04. The molecule has 58 valence electrons. The average molecular weight is 211 g/mol. The van der Waals surface area contributed by atoms with Gasteiger partial charge in [0.15, 0.2) is 0 Å². The maximum absolute atomic E-state index is 9.82. The summed E-state index contributed by atoms with van der Waals surface area (Å²) in [6.45, 7) is 0. The van der Waals surface area contributed by atoms with Gasteiger partial charge < -0.3 is 0 Å². The van der Waals surface area contributed by atoms with Crippen LogP contribution in [-0.4, -0.2) is 60.4 Å². The number of carbonyl (C=O) groups excluding carboxylic acids is 1. The molecule has 0 aliphatic carbocycles. The third-order valence-corrected chi connectivity index (χ3v) is 1.56. The summed E-state index contributed by atoms with van der Waals surface area (Å²) in [7, 11) is 0. The van der Waals surface area contributed by atoms with Gasteiger partial charge in [0.1, 0.15) is 0 Å². The molecule has 0 unspecified atom stereocenters. The Hall–Kier alpha value is -0.0605. The Morgan fingerprint density at radius 1 is 1.20 bits per heavy atom. The van der Waals surface area contributed by atoms with E-state index in [1.165, 1.54) is 0 Å². The van der Waals surface area contributed by atoms with Crippen LogP contribution in [0.1, 0.15) is 0 Å². The number of hydrogen-bond acceptors (Lipinski definition) is 4. The van der Waals surface area contributed by atoms with E-state index in [9.17, 15) is 4.79 Å². The Kier molecular flexibility index (Phi) is 4.68. The molecule has 0 saturated carbocycles. The van der Waals surface area contributed by atoms with Crippen LogP contribution in [0.15, 0.2) is 0 Å². The molecule has 0 aromatic carbocycles. The van der Waals surface area contributed by atoms with E-state index in [2.05, 4.69) is 15.6 Å². The van der Waals surface area contributed by atoms with Crippen molar-refractivity contribution < 1.29 is 20.1 Å². The first-order valence-corrected chi connectivity index (χ1v) is 3.57. The van der Waals surface area contributed by atoms with Crippen molar-refractivity contribution in [1.29, 1.82) is 0 Å². The summed E-state index contributed by atoms with van der Waals surface area (Å²) >= 11 is 2.34. The van der Waals surface area contributed by atoms with Gasteiger partial charge in [-0.05, 0) is 0 Å². The van der Waals surface area contributed by atoms with E-state index >= 15 is 0 Å². The molecule has 0 aliphatic rings. The van der Waals surface area contributed by atoms with Gasteiger partial charge in [-0.1, -0.05) is 0 Å². The molecule has 0 spiro atoms. The molecule has 0 bridgehead atoms. The summed E-state index contributed by atoms with van der Waals surface area (Å²) in [5.74, 6) is 0. The van der Waals surface area contributed by atoms with Crippen LogP contribution >= 0.6 is 0 Å². The molecule has 0 rings (SSSR count). The van der Waals surface area contributed by atoms with E-state index in [0.717, 1.165) is 4.92 Å². The van der Waals surface area contributed by atoms with Crippen molar-refractivity contribution in [3.05, 3.63) is 0 Å². The second-order valence-corrected chi connectivity index (χ2v) is 2.31.